The smallest absolute Gasteiger partial charge is 0.167 e. The monoisotopic (exact) mass is 156 g/mol. The molecule has 0 aliphatic carbocycles. The number of carbonyl (C=O) groups excluding carboxylic acids is 1. The van der Waals surface area contributed by atoms with Crippen molar-refractivity contribution in [1.82, 2.24) is 0 Å². The van der Waals surface area contributed by atoms with Gasteiger partial charge in [-0.25, -0.2) is 0 Å². The van der Waals surface area contributed by atoms with Gasteiger partial charge < -0.3 is 9.47 Å². The van der Waals surface area contributed by atoms with Gasteiger partial charge in [0.25, 0.3) is 0 Å². The fraction of sp³-hybridized carbons (Fsp3) is 0.875. The molecule has 0 saturated carbocycles. The standard InChI is InChI=1S/C8H12O3/c1-7-5-10-8(2,11-7)4-3-6(7)9/h3-5H2,1-2H3/t7-,8-/m0/s1. The molecule has 0 aromatic carbocycles. The fourth-order valence-corrected chi connectivity index (χ4v) is 1.69. The molecule has 2 fully saturated rings. The largest absolute Gasteiger partial charge is 0.347 e. The van der Waals surface area contributed by atoms with Crippen LogP contribution in [0.2, 0.25) is 0 Å². The zero-order chi connectivity index (χ0) is 8.11. The summed E-state index contributed by atoms with van der Waals surface area (Å²) in [4.78, 5) is 11.3. The molecule has 3 nitrogen and oxygen atoms in total. The first-order valence-electron chi connectivity index (χ1n) is 3.92. The van der Waals surface area contributed by atoms with Crippen molar-refractivity contribution in [1.29, 1.82) is 0 Å². The van der Waals surface area contributed by atoms with E-state index >= 15 is 0 Å². The Morgan fingerprint density at radius 2 is 2.18 bits per heavy atom. The predicted octanol–water partition coefficient (Wildman–Crippen LogP) is 0.871. The first-order chi connectivity index (χ1) is 5.04. The first kappa shape index (κ1) is 7.25. The van der Waals surface area contributed by atoms with Gasteiger partial charge in [0.05, 0.1) is 6.61 Å². The maximum absolute atomic E-state index is 11.3. The van der Waals surface area contributed by atoms with Crippen molar-refractivity contribution in [2.75, 3.05) is 6.61 Å². The van der Waals surface area contributed by atoms with Crippen LogP contribution in [0.15, 0.2) is 0 Å². The zero-order valence-corrected chi connectivity index (χ0v) is 6.85. The Morgan fingerprint density at radius 3 is 2.82 bits per heavy atom. The molecule has 0 radical (unpaired) electrons. The van der Waals surface area contributed by atoms with Gasteiger partial charge in [-0.15, -0.1) is 0 Å². The number of fused-ring (bicyclic) bond motifs is 2. The molecule has 2 bridgehead atoms. The Kier molecular flexibility index (Phi) is 1.22. The molecular formula is C8H12O3. The summed E-state index contributed by atoms with van der Waals surface area (Å²) in [6.45, 7) is 4.12. The molecule has 0 N–H and O–H groups in total. The number of ketones is 1. The molecule has 2 aliphatic rings. The molecule has 0 aromatic rings. The predicted molar refractivity (Wildman–Crippen MR) is 38.1 cm³/mol. The highest BCUT2D eigenvalue weighted by Gasteiger charge is 2.53. The molecule has 0 unspecified atom stereocenters. The van der Waals surface area contributed by atoms with E-state index in [0.29, 0.717) is 19.4 Å². The van der Waals surface area contributed by atoms with Gasteiger partial charge in [-0.05, 0) is 13.8 Å². The van der Waals surface area contributed by atoms with Crippen LogP contribution in [0.25, 0.3) is 0 Å². The lowest BCUT2D eigenvalue weighted by Gasteiger charge is -2.31. The second-order valence-corrected chi connectivity index (χ2v) is 3.68. The molecule has 0 amide bonds. The quantitative estimate of drug-likeness (QED) is 0.522. The molecule has 0 aromatic heterocycles. The van der Waals surface area contributed by atoms with Gasteiger partial charge in [0, 0.05) is 12.8 Å². The molecule has 2 aliphatic heterocycles. The van der Waals surface area contributed by atoms with Crippen LogP contribution in [-0.2, 0) is 14.3 Å². The van der Waals surface area contributed by atoms with Crippen LogP contribution in [0, 0.1) is 0 Å². The molecule has 3 heteroatoms. The van der Waals surface area contributed by atoms with Crippen LogP contribution in [0.5, 0.6) is 0 Å². The van der Waals surface area contributed by atoms with E-state index in [9.17, 15) is 4.79 Å². The Hall–Kier alpha value is -0.410. The third-order valence-corrected chi connectivity index (χ3v) is 2.49. The van der Waals surface area contributed by atoms with Crippen LogP contribution >= 0.6 is 0 Å². The number of Topliss-reactive ketones (excluding diaryl/α,β-unsaturated/α-hetero) is 1. The SMILES string of the molecule is C[C@]12CCC(=O)[C@](C)(CO1)O2. The third kappa shape index (κ3) is 0.914. The van der Waals surface area contributed by atoms with Gasteiger partial charge in [0.15, 0.2) is 11.6 Å². The van der Waals surface area contributed by atoms with Crippen LogP contribution in [0.4, 0.5) is 0 Å². The number of carbonyl (C=O) groups is 1. The summed E-state index contributed by atoms with van der Waals surface area (Å²) < 4.78 is 10.9. The van der Waals surface area contributed by atoms with E-state index < -0.39 is 11.4 Å². The summed E-state index contributed by atoms with van der Waals surface area (Å²) in [6, 6.07) is 0. The summed E-state index contributed by atoms with van der Waals surface area (Å²) >= 11 is 0. The van der Waals surface area contributed by atoms with Crippen molar-refractivity contribution in [2.45, 2.75) is 38.1 Å². The van der Waals surface area contributed by atoms with Gasteiger partial charge in [-0.2, -0.15) is 0 Å². The first-order valence-corrected chi connectivity index (χ1v) is 3.92. The normalized spacial score (nSPS) is 49.8. The van der Waals surface area contributed by atoms with E-state index in [1.807, 2.05) is 6.92 Å². The van der Waals surface area contributed by atoms with E-state index in [2.05, 4.69) is 0 Å². The minimum atomic E-state index is -0.646. The summed E-state index contributed by atoms with van der Waals surface area (Å²) in [5.41, 5.74) is -0.646. The van der Waals surface area contributed by atoms with E-state index in [1.165, 1.54) is 0 Å². The number of rotatable bonds is 0. The molecule has 62 valence electrons. The average Bonchev–Trinajstić information content (AvgIpc) is 2.20. The summed E-state index contributed by atoms with van der Waals surface area (Å²) in [5, 5.41) is 0. The van der Waals surface area contributed by atoms with Crippen LogP contribution in [0.3, 0.4) is 0 Å². The number of hydrogen-bond acceptors (Lipinski definition) is 3. The van der Waals surface area contributed by atoms with Gasteiger partial charge in [-0.3, -0.25) is 4.79 Å². The minimum absolute atomic E-state index is 0.174. The van der Waals surface area contributed by atoms with E-state index in [1.54, 1.807) is 6.92 Å². The molecule has 0 spiro atoms. The second kappa shape index (κ2) is 1.84. The summed E-state index contributed by atoms with van der Waals surface area (Å²) in [7, 11) is 0. The highest BCUT2D eigenvalue weighted by Crippen LogP contribution is 2.40. The van der Waals surface area contributed by atoms with Gasteiger partial charge >= 0.3 is 0 Å². The average molecular weight is 156 g/mol. The van der Waals surface area contributed by atoms with E-state index in [4.69, 9.17) is 9.47 Å². The molecular weight excluding hydrogens is 144 g/mol. The second-order valence-electron chi connectivity index (χ2n) is 3.68. The van der Waals surface area contributed by atoms with Crippen molar-refractivity contribution in [3.8, 4) is 0 Å². The highest BCUT2D eigenvalue weighted by atomic mass is 16.8. The Balaban J connectivity index is 2.30. The van der Waals surface area contributed by atoms with Crippen molar-refractivity contribution in [3.05, 3.63) is 0 Å². The molecule has 2 heterocycles. The van der Waals surface area contributed by atoms with Crippen LogP contribution in [0.1, 0.15) is 26.7 Å². The van der Waals surface area contributed by atoms with Gasteiger partial charge in [0.2, 0.25) is 0 Å². The van der Waals surface area contributed by atoms with Crippen molar-refractivity contribution in [2.24, 2.45) is 0 Å². The lowest BCUT2D eigenvalue weighted by molar-refractivity contribution is -0.197. The maximum atomic E-state index is 11.3. The van der Waals surface area contributed by atoms with Crippen molar-refractivity contribution >= 4 is 5.78 Å². The lowest BCUT2D eigenvalue weighted by atomic mass is 9.94. The molecule has 2 saturated heterocycles. The Bertz CT molecular complexity index is 213. The fourth-order valence-electron chi connectivity index (χ4n) is 1.69. The molecule has 2 atom stereocenters. The van der Waals surface area contributed by atoms with Gasteiger partial charge in [-0.1, -0.05) is 0 Å². The van der Waals surface area contributed by atoms with Crippen LogP contribution in [-0.4, -0.2) is 23.8 Å². The Labute approximate surface area is 65.7 Å². The summed E-state index contributed by atoms with van der Waals surface area (Å²) in [6.07, 6.45) is 1.29. The van der Waals surface area contributed by atoms with E-state index in [-0.39, 0.29) is 5.78 Å². The summed E-state index contributed by atoms with van der Waals surface area (Å²) in [5.74, 6) is -0.310. The van der Waals surface area contributed by atoms with Gasteiger partial charge in [0.1, 0.15) is 5.60 Å². The Morgan fingerprint density at radius 1 is 1.45 bits per heavy atom. The molecule has 2 rings (SSSR count). The number of ether oxygens (including phenoxy) is 2. The molecule has 11 heavy (non-hydrogen) atoms. The van der Waals surface area contributed by atoms with Crippen molar-refractivity contribution < 1.29 is 14.3 Å². The van der Waals surface area contributed by atoms with E-state index in [0.717, 1.165) is 0 Å². The third-order valence-electron chi connectivity index (χ3n) is 2.49. The zero-order valence-electron chi connectivity index (χ0n) is 6.85. The topological polar surface area (TPSA) is 35.5 Å². The minimum Gasteiger partial charge on any atom is -0.347 e. The van der Waals surface area contributed by atoms with Crippen molar-refractivity contribution in [3.63, 3.8) is 0 Å². The lowest BCUT2D eigenvalue weighted by Crippen LogP contribution is -2.44. The number of hydrogen-bond donors (Lipinski definition) is 0. The highest BCUT2D eigenvalue weighted by molar-refractivity contribution is 5.88. The van der Waals surface area contributed by atoms with Crippen LogP contribution < -0.4 is 0 Å². The maximum Gasteiger partial charge on any atom is 0.167 e.